The van der Waals surface area contributed by atoms with Crippen molar-refractivity contribution in [2.75, 3.05) is 0 Å². The Labute approximate surface area is 91.0 Å². The molecule has 0 saturated carbocycles. The van der Waals surface area contributed by atoms with Crippen LogP contribution < -0.4 is 0 Å². The number of carbonyl (C=O) groups is 1. The largest absolute Gasteiger partial charge is 0.299 e. The summed E-state index contributed by atoms with van der Waals surface area (Å²) in [5.41, 5.74) is 2.55. The van der Waals surface area contributed by atoms with Gasteiger partial charge >= 0.3 is 0 Å². The van der Waals surface area contributed by atoms with Gasteiger partial charge in [-0.15, -0.1) is 0 Å². The first-order chi connectivity index (χ1) is 6.93. The Morgan fingerprint density at radius 2 is 1.93 bits per heavy atom. The van der Waals surface area contributed by atoms with Gasteiger partial charge in [0.05, 0.1) is 23.0 Å². The van der Waals surface area contributed by atoms with Crippen molar-refractivity contribution in [1.82, 2.24) is 9.97 Å². The molecular weight excluding hydrogens is 188 g/mol. The highest BCUT2D eigenvalue weighted by Crippen LogP contribution is 2.25. The number of nitrogens with zero attached hydrogens (tertiary/aromatic N) is 2. The summed E-state index contributed by atoms with van der Waals surface area (Å²) in [5, 5.41) is 0. The maximum absolute atomic E-state index is 11.6. The van der Waals surface area contributed by atoms with Crippen molar-refractivity contribution in [2.24, 2.45) is 5.92 Å². The molecule has 0 amide bonds. The predicted molar refractivity (Wildman–Crippen MR) is 59.8 cm³/mol. The van der Waals surface area contributed by atoms with Gasteiger partial charge in [0.2, 0.25) is 0 Å². The molecule has 1 aromatic heterocycles. The summed E-state index contributed by atoms with van der Waals surface area (Å²) < 4.78 is 0. The lowest BCUT2D eigenvalue weighted by Crippen LogP contribution is -2.19. The molecule has 1 unspecified atom stereocenters. The number of aryl methyl sites for hydroxylation is 2. The Bertz CT molecular complexity index is 372. The zero-order valence-electron chi connectivity index (χ0n) is 10.0. The summed E-state index contributed by atoms with van der Waals surface area (Å²) in [4.78, 5) is 20.3. The summed E-state index contributed by atoms with van der Waals surface area (Å²) in [5.74, 6) is 0.294. The van der Waals surface area contributed by atoms with E-state index in [1.54, 1.807) is 13.1 Å². The van der Waals surface area contributed by atoms with E-state index in [-0.39, 0.29) is 17.6 Å². The smallest absolute Gasteiger partial charge is 0.139 e. The molecule has 82 valence electrons. The van der Waals surface area contributed by atoms with E-state index in [1.165, 1.54) is 0 Å². The Morgan fingerprint density at radius 1 is 1.33 bits per heavy atom. The molecule has 3 nitrogen and oxygen atoms in total. The van der Waals surface area contributed by atoms with Crippen molar-refractivity contribution in [1.29, 1.82) is 0 Å². The number of aromatic nitrogens is 2. The van der Waals surface area contributed by atoms with Crippen molar-refractivity contribution >= 4 is 5.78 Å². The fourth-order valence-electron chi connectivity index (χ4n) is 1.83. The van der Waals surface area contributed by atoms with Crippen LogP contribution in [0.1, 0.15) is 43.8 Å². The molecule has 15 heavy (non-hydrogen) atoms. The molecule has 3 heteroatoms. The van der Waals surface area contributed by atoms with E-state index >= 15 is 0 Å². The molecule has 1 aromatic rings. The van der Waals surface area contributed by atoms with E-state index in [1.807, 2.05) is 27.7 Å². The fourth-order valence-corrected chi connectivity index (χ4v) is 1.83. The van der Waals surface area contributed by atoms with Crippen LogP contribution in [0.25, 0.3) is 0 Å². The summed E-state index contributed by atoms with van der Waals surface area (Å²) in [6.07, 6.45) is 1.73. The van der Waals surface area contributed by atoms with E-state index in [9.17, 15) is 4.79 Å². The molecule has 0 spiro atoms. The van der Waals surface area contributed by atoms with Crippen LogP contribution in [-0.4, -0.2) is 15.8 Å². The van der Waals surface area contributed by atoms with Crippen LogP contribution in [0.2, 0.25) is 0 Å². The van der Waals surface area contributed by atoms with Gasteiger partial charge < -0.3 is 0 Å². The Kier molecular flexibility index (Phi) is 3.56. The fraction of sp³-hybridized carbons (Fsp3) is 0.583. The lowest BCUT2D eigenvalue weighted by Gasteiger charge is -2.18. The van der Waals surface area contributed by atoms with E-state index in [0.717, 1.165) is 17.1 Å². The van der Waals surface area contributed by atoms with Crippen molar-refractivity contribution in [2.45, 2.75) is 40.5 Å². The lowest BCUT2D eigenvalue weighted by molar-refractivity contribution is -0.119. The monoisotopic (exact) mass is 206 g/mol. The molecule has 0 aliphatic heterocycles. The van der Waals surface area contributed by atoms with Gasteiger partial charge in [-0.25, -0.2) is 0 Å². The molecule has 1 atom stereocenters. The van der Waals surface area contributed by atoms with E-state index in [4.69, 9.17) is 0 Å². The summed E-state index contributed by atoms with van der Waals surface area (Å²) in [7, 11) is 0. The van der Waals surface area contributed by atoms with Gasteiger partial charge in [-0.2, -0.15) is 0 Å². The molecule has 0 aromatic carbocycles. The third-order valence-electron chi connectivity index (χ3n) is 2.51. The zero-order chi connectivity index (χ0) is 11.6. The van der Waals surface area contributed by atoms with Gasteiger partial charge in [0.1, 0.15) is 5.78 Å². The van der Waals surface area contributed by atoms with Crippen LogP contribution >= 0.6 is 0 Å². The first kappa shape index (κ1) is 11.8. The molecule has 0 N–H and O–H groups in total. The van der Waals surface area contributed by atoms with Gasteiger partial charge in [0.15, 0.2) is 0 Å². The molecule has 0 radical (unpaired) electrons. The number of hydrogen-bond acceptors (Lipinski definition) is 3. The van der Waals surface area contributed by atoms with Gasteiger partial charge in [-0.05, 0) is 26.7 Å². The highest BCUT2D eigenvalue weighted by molar-refractivity contribution is 5.83. The molecule has 0 bridgehead atoms. The highest BCUT2D eigenvalue weighted by atomic mass is 16.1. The van der Waals surface area contributed by atoms with Crippen molar-refractivity contribution < 1.29 is 4.79 Å². The van der Waals surface area contributed by atoms with Crippen LogP contribution in [0.4, 0.5) is 0 Å². The predicted octanol–water partition coefficient (Wildman–Crippen LogP) is 2.42. The normalized spacial score (nSPS) is 12.9. The molecule has 0 fully saturated rings. The number of carbonyl (C=O) groups excluding carboxylic acids is 1. The van der Waals surface area contributed by atoms with Crippen LogP contribution in [0.15, 0.2) is 6.20 Å². The van der Waals surface area contributed by atoms with E-state index in [2.05, 4.69) is 9.97 Å². The topological polar surface area (TPSA) is 42.9 Å². The zero-order valence-corrected chi connectivity index (χ0v) is 10.0. The summed E-state index contributed by atoms with van der Waals surface area (Å²) in [6, 6.07) is 0. The molecule has 0 aliphatic carbocycles. The van der Waals surface area contributed by atoms with E-state index in [0.29, 0.717) is 0 Å². The second-order valence-corrected chi connectivity index (χ2v) is 4.31. The third-order valence-corrected chi connectivity index (χ3v) is 2.51. The minimum Gasteiger partial charge on any atom is -0.299 e. The Balaban J connectivity index is 3.22. The number of hydrogen-bond donors (Lipinski definition) is 0. The summed E-state index contributed by atoms with van der Waals surface area (Å²) >= 11 is 0. The molecule has 1 rings (SSSR count). The van der Waals surface area contributed by atoms with Gasteiger partial charge in [0, 0.05) is 6.20 Å². The van der Waals surface area contributed by atoms with Crippen LogP contribution in [0.5, 0.6) is 0 Å². The first-order valence-corrected chi connectivity index (χ1v) is 5.24. The Hall–Kier alpha value is -1.25. The van der Waals surface area contributed by atoms with Crippen LogP contribution in [0, 0.1) is 19.8 Å². The number of Topliss-reactive ketones (excluding diaryl/α,β-unsaturated/α-hetero) is 1. The molecule has 1 heterocycles. The van der Waals surface area contributed by atoms with E-state index < -0.39 is 0 Å². The Morgan fingerprint density at radius 3 is 2.40 bits per heavy atom. The number of ketones is 1. The van der Waals surface area contributed by atoms with Gasteiger partial charge in [-0.1, -0.05) is 13.8 Å². The maximum Gasteiger partial charge on any atom is 0.139 e. The quantitative estimate of drug-likeness (QED) is 0.762. The van der Waals surface area contributed by atoms with Gasteiger partial charge in [-0.3, -0.25) is 14.8 Å². The standard InChI is InChI=1S/C12H18N2O/c1-7(2)11(10(5)15)12-9(4)13-6-8(3)14-12/h6-7,11H,1-5H3. The average Bonchev–Trinajstić information content (AvgIpc) is 2.10. The van der Waals surface area contributed by atoms with Gasteiger partial charge in [0.25, 0.3) is 0 Å². The van der Waals surface area contributed by atoms with Crippen molar-refractivity contribution in [3.63, 3.8) is 0 Å². The third kappa shape index (κ3) is 2.61. The number of rotatable bonds is 3. The molecule has 0 aliphatic rings. The lowest BCUT2D eigenvalue weighted by atomic mass is 9.88. The molecule has 0 saturated heterocycles. The second kappa shape index (κ2) is 4.51. The van der Waals surface area contributed by atoms with Crippen molar-refractivity contribution in [3.8, 4) is 0 Å². The van der Waals surface area contributed by atoms with Crippen LogP contribution in [0.3, 0.4) is 0 Å². The maximum atomic E-state index is 11.6. The summed E-state index contributed by atoms with van der Waals surface area (Å²) in [6.45, 7) is 9.49. The van der Waals surface area contributed by atoms with Crippen LogP contribution in [-0.2, 0) is 4.79 Å². The minimum absolute atomic E-state index is 0.127. The minimum atomic E-state index is -0.127. The SMILES string of the molecule is CC(=O)C(c1nc(C)cnc1C)C(C)C. The first-order valence-electron chi connectivity index (χ1n) is 5.24. The highest BCUT2D eigenvalue weighted by Gasteiger charge is 2.24. The second-order valence-electron chi connectivity index (χ2n) is 4.31. The molecular formula is C12H18N2O. The van der Waals surface area contributed by atoms with Crippen molar-refractivity contribution in [3.05, 3.63) is 23.3 Å². The average molecular weight is 206 g/mol.